The molecule has 9 rings (SSSR count). The van der Waals surface area contributed by atoms with Gasteiger partial charge in [-0.1, -0.05) is 97.1 Å². The van der Waals surface area contributed by atoms with Gasteiger partial charge >= 0.3 is 0 Å². The lowest BCUT2D eigenvalue weighted by atomic mass is 10.1. The van der Waals surface area contributed by atoms with E-state index in [2.05, 4.69) is 64.1 Å². The van der Waals surface area contributed by atoms with Gasteiger partial charge in [-0.2, -0.15) is 0 Å². The van der Waals surface area contributed by atoms with Crippen molar-refractivity contribution in [3.05, 3.63) is 152 Å². The lowest BCUT2D eigenvalue weighted by Crippen LogP contribution is -2.74. The van der Waals surface area contributed by atoms with Crippen LogP contribution in [0, 0.1) is 0 Å². The summed E-state index contributed by atoms with van der Waals surface area (Å²) in [6.07, 6.45) is 7.66. The van der Waals surface area contributed by atoms with Gasteiger partial charge in [0, 0.05) is 47.2 Å². The molecule has 0 bridgehead atoms. The zero-order valence-electron chi connectivity index (χ0n) is 24.6. The summed E-state index contributed by atoms with van der Waals surface area (Å²) < 4.78 is 2.33. The van der Waals surface area contributed by atoms with Gasteiger partial charge in [0.05, 0.1) is 11.0 Å². The summed E-state index contributed by atoms with van der Waals surface area (Å²) in [6, 6.07) is 43.5. The fraction of sp³-hybridized carbons (Fsp3) is 0. The number of hydrogen-bond acceptors (Lipinski definition) is 6. The van der Waals surface area contributed by atoms with Gasteiger partial charge in [-0.15, -0.1) is 0 Å². The van der Waals surface area contributed by atoms with Crippen LogP contribution in [0.25, 0.3) is 50.9 Å². The molecule has 1 unspecified atom stereocenters. The van der Waals surface area contributed by atoms with E-state index in [-0.39, 0.29) is 0 Å². The van der Waals surface area contributed by atoms with E-state index in [0.29, 0.717) is 17.5 Å². The molecule has 0 radical (unpaired) electrons. The zero-order chi connectivity index (χ0) is 30.5. The van der Waals surface area contributed by atoms with Crippen LogP contribution < -0.4 is 21.0 Å². The Balaban J connectivity index is 1.32. The minimum atomic E-state index is -2.97. The lowest BCUT2D eigenvalue weighted by molar-refractivity contribution is 1.07. The molecule has 0 N–H and O–H groups in total. The van der Waals surface area contributed by atoms with E-state index in [0.717, 1.165) is 49.2 Å². The molecule has 0 saturated heterocycles. The molecule has 0 aliphatic carbocycles. The average Bonchev–Trinajstić information content (AvgIpc) is 3.66. The van der Waals surface area contributed by atoms with Crippen LogP contribution in [0.4, 0.5) is 0 Å². The van der Waals surface area contributed by atoms with Gasteiger partial charge in [-0.05, 0) is 45.9 Å². The van der Waals surface area contributed by atoms with E-state index >= 15 is 0 Å². The van der Waals surface area contributed by atoms with Gasteiger partial charge in [0.25, 0.3) is 0 Å². The van der Waals surface area contributed by atoms with Gasteiger partial charge in [0.1, 0.15) is 5.45 Å². The van der Waals surface area contributed by atoms with E-state index in [4.69, 9.17) is 24.9 Å². The number of rotatable bonds is 5. The Hall–Kier alpha value is -6.12. The van der Waals surface area contributed by atoms with Crippen molar-refractivity contribution >= 4 is 40.1 Å². The number of aromatic nitrogens is 7. The minimum absolute atomic E-state index is 0.567. The van der Waals surface area contributed by atoms with E-state index < -0.39 is 8.07 Å². The summed E-state index contributed by atoms with van der Waals surface area (Å²) in [5, 5.41) is 3.48. The van der Waals surface area contributed by atoms with Crippen molar-refractivity contribution in [2.45, 2.75) is 0 Å². The van der Waals surface area contributed by atoms with Crippen LogP contribution in [0.3, 0.4) is 0 Å². The first-order valence-electron chi connectivity index (χ1n) is 15.1. The number of para-hydroxylation sites is 3. The topological polar surface area (TPSA) is 82.3 Å². The molecule has 1 aliphatic rings. The van der Waals surface area contributed by atoms with Crippen molar-refractivity contribution in [2.24, 2.45) is 0 Å². The first-order chi connectivity index (χ1) is 22.8. The molecule has 0 saturated carbocycles. The monoisotopic (exact) mass is 607 g/mol. The molecule has 7 nitrogen and oxygen atoms in total. The summed E-state index contributed by atoms with van der Waals surface area (Å²) in [5.41, 5.74) is 6.90. The van der Waals surface area contributed by atoms with Crippen LogP contribution in [0.15, 0.2) is 152 Å². The van der Waals surface area contributed by atoms with E-state index in [1.807, 2.05) is 97.6 Å². The molecule has 0 spiro atoms. The molecular weight excluding hydrogens is 583 g/mol. The molecule has 1 aliphatic heterocycles. The molecular formula is C38H25N7Si. The lowest BCUT2D eigenvalue weighted by Gasteiger charge is -2.27. The SMILES string of the molecule is c1ccc(-c2nc(-c3ccccc3)nc(-c3cncc([Si]4(c5cccnc5)c5ccccc5-n5c4nc4ccccc45)c3)n2)cc1. The van der Waals surface area contributed by atoms with E-state index in [1.165, 1.54) is 5.19 Å². The highest BCUT2D eigenvalue weighted by molar-refractivity contribution is 7.20. The van der Waals surface area contributed by atoms with E-state index in [1.54, 1.807) is 0 Å². The first kappa shape index (κ1) is 26.3. The van der Waals surface area contributed by atoms with Crippen molar-refractivity contribution in [3.63, 3.8) is 0 Å². The minimum Gasteiger partial charge on any atom is -0.299 e. The van der Waals surface area contributed by atoms with Gasteiger partial charge in [0.2, 0.25) is 8.07 Å². The smallest absolute Gasteiger partial charge is 0.229 e. The summed E-state index contributed by atoms with van der Waals surface area (Å²) in [4.78, 5) is 29.7. The second-order valence-electron chi connectivity index (χ2n) is 11.3. The average molecular weight is 608 g/mol. The number of nitrogens with zero attached hydrogens (tertiary/aromatic N) is 7. The Morgan fingerprint density at radius 3 is 1.83 bits per heavy atom. The highest BCUT2D eigenvalue weighted by Crippen LogP contribution is 2.28. The van der Waals surface area contributed by atoms with Crippen LogP contribution in [0.5, 0.6) is 0 Å². The second kappa shape index (κ2) is 10.5. The van der Waals surface area contributed by atoms with Gasteiger partial charge < -0.3 is 0 Å². The van der Waals surface area contributed by atoms with Crippen molar-refractivity contribution in [3.8, 4) is 39.9 Å². The van der Waals surface area contributed by atoms with Crippen molar-refractivity contribution in [1.29, 1.82) is 0 Å². The Morgan fingerprint density at radius 2 is 1.11 bits per heavy atom. The highest BCUT2D eigenvalue weighted by atomic mass is 28.3. The van der Waals surface area contributed by atoms with Crippen LogP contribution in [0.2, 0.25) is 0 Å². The maximum absolute atomic E-state index is 5.35. The predicted octanol–water partition coefficient (Wildman–Crippen LogP) is 4.69. The zero-order valence-corrected chi connectivity index (χ0v) is 25.6. The molecule has 4 aromatic heterocycles. The second-order valence-corrected chi connectivity index (χ2v) is 14.9. The summed E-state index contributed by atoms with van der Waals surface area (Å²) >= 11 is 0. The van der Waals surface area contributed by atoms with Gasteiger partial charge in [-0.25, -0.2) is 19.9 Å². The number of benzene rings is 4. The molecule has 8 heteroatoms. The molecule has 4 aromatic carbocycles. The molecule has 1 atom stereocenters. The standard InChI is InChI=1S/C38H25N7Si/c1-3-12-26(13-4-1)35-42-36(27-14-5-2-6-15-27)44-37(43-35)28-22-30(25-40-23-28)46(29-16-11-21-39-24-29)34-20-10-9-19-33(34)45-32-18-8-7-17-31(32)41-38(45)46/h1-25H. The molecule has 8 aromatic rings. The highest BCUT2D eigenvalue weighted by Gasteiger charge is 2.52. The third-order valence-electron chi connectivity index (χ3n) is 8.67. The molecule has 0 amide bonds. The molecule has 5 heterocycles. The molecule has 0 fully saturated rings. The summed E-state index contributed by atoms with van der Waals surface area (Å²) in [5.74, 6) is 1.79. The predicted molar refractivity (Wildman–Crippen MR) is 184 cm³/mol. The third-order valence-corrected chi connectivity index (χ3v) is 13.2. The number of imidazole rings is 1. The summed E-state index contributed by atoms with van der Waals surface area (Å²) in [6.45, 7) is 0. The van der Waals surface area contributed by atoms with Crippen molar-refractivity contribution in [1.82, 2.24) is 34.5 Å². The molecule has 216 valence electrons. The first-order valence-corrected chi connectivity index (χ1v) is 17.1. The number of fused-ring (bicyclic) bond motifs is 5. The number of pyridine rings is 2. The number of hydrogen-bond donors (Lipinski definition) is 0. The maximum Gasteiger partial charge on any atom is 0.229 e. The van der Waals surface area contributed by atoms with Crippen LogP contribution >= 0.6 is 0 Å². The third kappa shape index (κ3) is 3.97. The largest absolute Gasteiger partial charge is 0.299 e. The van der Waals surface area contributed by atoms with Crippen LogP contribution in [-0.4, -0.2) is 42.5 Å². The van der Waals surface area contributed by atoms with Crippen LogP contribution in [0.1, 0.15) is 0 Å². The Kier molecular flexibility index (Phi) is 6.00. The summed E-state index contributed by atoms with van der Waals surface area (Å²) in [7, 11) is -2.97. The Morgan fingerprint density at radius 1 is 0.478 bits per heavy atom. The van der Waals surface area contributed by atoms with Gasteiger partial charge in [-0.3, -0.25) is 14.5 Å². The normalized spacial score (nSPS) is 15.0. The Labute approximate surface area is 266 Å². The van der Waals surface area contributed by atoms with Crippen LogP contribution in [-0.2, 0) is 0 Å². The fourth-order valence-corrected chi connectivity index (χ4v) is 11.4. The Bertz CT molecular complexity index is 2320. The quantitative estimate of drug-likeness (QED) is 0.264. The van der Waals surface area contributed by atoms with E-state index in [9.17, 15) is 0 Å². The van der Waals surface area contributed by atoms with Gasteiger partial charge in [0.15, 0.2) is 17.5 Å². The fourth-order valence-electron chi connectivity index (χ4n) is 6.65. The van der Waals surface area contributed by atoms with Crippen molar-refractivity contribution < 1.29 is 0 Å². The molecule has 46 heavy (non-hydrogen) atoms. The van der Waals surface area contributed by atoms with Crippen molar-refractivity contribution in [2.75, 3.05) is 0 Å². The maximum atomic E-state index is 5.35.